The monoisotopic (exact) mass is 269 g/mol. The molecule has 0 aliphatic rings. The third-order valence-corrected chi connectivity index (χ3v) is 3.55. The van der Waals surface area contributed by atoms with Gasteiger partial charge in [-0.2, -0.15) is 0 Å². The van der Waals surface area contributed by atoms with E-state index in [0.29, 0.717) is 0 Å². The third kappa shape index (κ3) is 3.37. The zero-order valence-corrected chi connectivity index (χ0v) is 11.7. The lowest BCUT2D eigenvalue weighted by Crippen LogP contribution is -2.43. The summed E-state index contributed by atoms with van der Waals surface area (Å²) in [6.45, 7) is 4.09. The van der Waals surface area contributed by atoms with E-state index in [1.54, 1.807) is 0 Å². The molecule has 0 aliphatic carbocycles. The standard InChI is InChI=1S/C13H20ClN3O/c1-4-12(13(15)16-18)17(3)9(2)10-5-7-11(14)8-6-10/h5-9,12,18H,4H2,1-3H3,(H2,15,16). The molecule has 0 saturated heterocycles. The second kappa shape index (κ2) is 6.61. The number of hydrogen-bond acceptors (Lipinski definition) is 3. The summed E-state index contributed by atoms with van der Waals surface area (Å²) in [5, 5.41) is 12.6. The number of rotatable bonds is 5. The van der Waals surface area contributed by atoms with Gasteiger partial charge < -0.3 is 10.9 Å². The summed E-state index contributed by atoms with van der Waals surface area (Å²) in [6, 6.07) is 7.79. The molecule has 0 aromatic heterocycles. The molecular weight excluding hydrogens is 250 g/mol. The van der Waals surface area contributed by atoms with Crippen molar-refractivity contribution in [2.75, 3.05) is 7.05 Å². The maximum Gasteiger partial charge on any atom is 0.156 e. The first kappa shape index (κ1) is 14.8. The Bertz CT molecular complexity index is 405. The van der Waals surface area contributed by atoms with Gasteiger partial charge in [-0.1, -0.05) is 35.8 Å². The zero-order valence-electron chi connectivity index (χ0n) is 11.0. The summed E-state index contributed by atoms with van der Waals surface area (Å²) < 4.78 is 0. The molecule has 3 N–H and O–H groups in total. The number of benzene rings is 1. The Morgan fingerprint density at radius 1 is 1.44 bits per heavy atom. The van der Waals surface area contributed by atoms with Crippen LogP contribution in [0.5, 0.6) is 0 Å². The molecule has 0 radical (unpaired) electrons. The zero-order chi connectivity index (χ0) is 13.7. The van der Waals surface area contributed by atoms with E-state index in [1.165, 1.54) is 0 Å². The van der Waals surface area contributed by atoms with Crippen LogP contribution in [0.15, 0.2) is 29.4 Å². The second-order valence-electron chi connectivity index (χ2n) is 4.34. The fraction of sp³-hybridized carbons (Fsp3) is 0.462. The van der Waals surface area contributed by atoms with Crippen LogP contribution in [0.25, 0.3) is 0 Å². The lowest BCUT2D eigenvalue weighted by Gasteiger charge is -2.32. The highest BCUT2D eigenvalue weighted by Gasteiger charge is 2.22. The van der Waals surface area contributed by atoms with Crippen molar-refractivity contribution in [3.63, 3.8) is 0 Å². The topological polar surface area (TPSA) is 61.9 Å². The quantitative estimate of drug-likeness (QED) is 0.374. The van der Waals surface area contributed by atoms with Crippen molar-refractivity contribution in [3.05, 3.63) is 34.9 Å². The minimum atomic E-state index is -0.0827. The van der Waals surface area contributed by atoms with Gasteiger partial charge in [0.15, 0.2) is 5.84 Å². The normalized spacial score (nSPS) is 15.7. The first-order valence-corrected chi connectivity index (χ1v) is 6.33. The first-order valence-electron chi connectivity index (χ1n) is 5.96. The highest BCUT2D eigenvalue weighted by Crippen LogP contribution is 2.23. The molecule has 4 nitrogen and oxygen atoms in total. The lowest BCUT2D eigenvalue weighted by atomic mass is 10.0. The molecule has 2 atom stereocenters. The van der Waals surface area contributed by atoms with Crippen molar-refractivity contribution in [3.8, 4) is 0 Å². The minimum Gasteiger partial charge on any atom is -0.409 e. The molecule has 1 aromatic rings. The Hall–Kier alpha value is -1.26. The highest BCUT2D eigenvalue weighted by molar-refractivity contribution is 6.30. The van der Waals surface area contributed by atoms with E-state index in [0.717, 1.165) is 17.0 Å². The van der Waals surface area contributed by atoms with Crippen LogP contribution in [0.1, 0.15) is 31.9 Å². The van der Waals surface area contributed by atoms with E-state index >= 15 is 0 Å². The van der Waals surface area contributed by atoms with Gasteiger partial charge >= 0.3 is 0 Å². The molecule has 1 aromatic carbocycles. The fourth-order valence-corrected chi connectivity index (χ4v) is 2.14. The number of oxime groups is 1. The van der Waals surface area contributed by atoms with Gasteiger partial charge in [-0.15, -0.1) is 0 Å². The van der Waals surface area contributed by atoms with Crippen LogP contribution in [-0.4, -0.2) is 29.0 Å². The number of likely N-dealkylation sites (N-methyl/N-ethyl adjacent to an activating group) is 1. The van der Waals surface area contributed by atoms with Crippen LogP contribution in [0.2, 0.25) is 5.02 Å². The molecule has 0 heterocycles. The fourth-order valence-electron chi connectivity index (χ4n) is 2.02. The van der Waals surface area contributed by atoms with Gasteiger partial charge in [0.2, 0.25) is 0 Å². The molecule has 0 fully saturated rings. The van der Waals surface area contributed by atoms with Gasteiger partial charge in [0.25, 0.3) is 0 Å². The summed E-state index contributed by atoms with van der Waals surface area (Å²) in [7, 11) is 1.96. The molecule has 18 heavy (non-hydrogen) atoms. The Kier molecular flexibility index (Phi) is 5.44. The average molecular weight is 270 g/mol. The number of nitrogens with zero attached hydrogens (tertiary/aromatic N) is 2. The van der Waals surface area contributed by atoms with Gasteiger partial charge in [0.1, 0.15) is 0 Å². The van der Waals surface area contributed by atoms with E-state index in [2.05, 4.69) is 17.0 Å². The van der Waals surface area contributed by atoms with Crippen molar-refractivity contribution in [1.29, 1.82) is 0 Å². The SMILES string of the molecule is CCC(C(N)=NO)N(C)C(C)c1ccc(Cl)cc1. The van der Waals surface area contributed by atoms with Crippen LogP contribution in [0.3, 0.4) is 0 Å². The van der Waals surface area contributed by atoms with Crippen molar-refractivity contribution < 1.29 is 5.21 Å². The smallest absolute Gasteiger partial charge is 0.156 e. The van der Waals surface area contributed by atoms with E-state index in [4.69, 9.17) is 22.5 Å². The lowest BCUT2D eigenvalue weighted by molar-refractivity contribution is 0.217. The molecule has 0 aliphatic heterocycles. The van der Waals surface area contributed by atoms with Crippen molar-refractivity contribution >= 4 is 17.4 Å². The molecular formula is C13H20ClN3O. The van der Waals surface area contributed by atoms with Gasteiger partial charge in [-0.05, 0) is 38.1 Å². The van der Waals surface area contributed by atoms with E-state index in [-0.39, 0.29) is 17.9 Å². The second-order valence-corrected chi connectivity index (χ2v) is 4.78. The van der Waals surface area contributed by atoms with Gasteiger partial charge in [-0.3, -0.25) is 4.90 Å². The minimum absolute atomic E-state index is 0.0827. The van der Waals surface area contributed by atoms with Crippen LogP contribution in [0, 0.1) is 0 Å². The predicted octanol–water partition coefficient (Wildman–Crippen LogP) is 2.86. The Labute approximate surface area is 113 Å². The van der Waals surface area contributed by atoms with E-state index in [1.807, 2.05) is 38.2 Å². The maximum absolute atomic E-state index is 8.79. The van der Waals surface area contributed by atoms with Crippen LogP contribution >= 0.6 is 11.6 Å². The Morgan fingerprint density at radius 3 is 2.44 bits per heavy atom. The van der Waals surface area contributed by atoms with Crippen LogP contribution < -0.4 is 5.73 Å². The maximum atomic E-state index is 8.79. The summed E-state index contributed by atoms with van der Waals surface area (Å²) in [5.74, 6) is 0.237. The first-order chi connectivity index (χ1) is 8.51. The summed E-state index contributed by atoms with van der Waals surface area (Å²) in [4.78, 5) is 2.08. The third-order valence-electron chi connectivity index (χ3n) is 3.30. The van der Waals surface area contributed by atoms with Gasteiger partial charge in [0.05, 0.1) is 6.04 Å². The van der Waals surface area contributed by atoms with Crippen molar-refractivity contribution in [2.45, 2.75) is 32.4 Å². The highest BCUT2D eigenvalue weighted by atomic mass is 35.5. The summed E-state index contributed by atoms with van der Waals surface area (Å²) >= 11 is 5.87. The molecule has 0 spiro atoms. The van der Waals surface area contributed by atoms with Gasteiger partial charge in [0, 0.05) is 11.1 Å². The Morgan fingerprint density at radius 2 is 2.00 bits per heavy atom. The predicted molar refractivity (Wildman–Crippen MR) is 75.1 cm³/mol. The molecule has 0 amide bonds. The number of amidine groups is 1. The average Bonchev–Trinajstić information content (AvgIpc) is 2.39. The summed E-state index contributed by atoms with van der Waals surface area (Å²) in [6.07, 6.45) is 0.782. The molecule has 100 valence electrons. The molecule has 0 saturated carbocycles. The van der Waals surface area contributed by atoms with Crippen LogP contribution in [-0.2, 0) is 0 Å². The number of nitrogens with two attached hydrogens (primary N) is 1. The molecule has 5 heteroatoms. The van der Waals surface area contributed by atoms with E-state index in [9.17, 15) is 0 Å². The van der Waals surface area contributed by atoms with Crippen molar-refractivity contribution in [1.82, 2.24) is 4.90 Å². The number of hydrogen-bond donors (Lipinski definition) is 2. The largest absolute Gasteiger partial charge is 0.409 e. The van der Waals surface area contributed by atoms with Gasteiger partial charge in [-0.25, -0.2) is 0 Å². The van der Waals surface area contributed by atoms with Crippen LogP contribution in [0.4, 0.5) is 0 Å². The summed E-state index contributed by atoms with van der Waals surface area (Å²) in [5.41, 5.74) is 6.85. The molecule has 0 bridgehead atoms. The Balaban J connectivity index is 2.88. The number of halogens is 1. The van der Waals surface area contributed by atoms with Crippen molar-refractivity contribution in [2.24, 2.45) is 10.9 Å². The van der Waals surface area contributed by atoms with E-state index < -0.39 is 0 Å². The molecule has 2 unspecified atom stereocenters. The molecule has 1 rings (SSSR count).